The van der Waals surface area contributed by atoms with Crippen molar-refractivity contribution in [3.63, 3.8) is 0 Å². The Morgan fingerprint density at radius 3 is 2.37 bits per heavy atom. The highest BCUT2D eigenvalue weighted by Gasteiger charge is 2.45. The maximum atomic E-state index is 12.9. The Labute approximate surface area is 110 Å². The van der Waals surface area contributed by atoms with Crippen LogP contribution >= 0.6 is 0 Å². The lowest BCUT2D eigenvalue weighted by molar-refractivity contribution is -0.156. The quantitative estimate of drug-likeness (QED) is 0.711. The van der Waals surface area contributed by atoms with Gasteiger partial charge in [-0.15, -0.1) is 0 Å². The van der Waals surface area contributed by atoms with Crippen LogP contribution in [-0.4, -0.2) is 29.8 Å². The molecule has 0 saturated heterocycles. The Morgan fingerprint density at radius 1 is 1.16 bits per heavy atom. The lowest BCUT2D eigenvalue weighted by Crippen LogP contribution is -2.58. The number of amidine groups is 1. The van der Waals surface area contributed by atoms with Crippen LogP contribution in [0.2, 0.25) is 0 Å². The van der Waals surface area contributed by atoms with Crippen LogP contribution in [0.4, 0.5) is 13.2 Å². The average Bonchev–Trinajstić information content (AvgIpc) is 2.25. The number of nitrogens with one attached hydrogen (secondary N) is 2. The lowest BCUT2D eigenvalue weighted by atomic mass is 9.90. The first kappa shape index (κ1) is 14.1. The van der Waals surface area contributed by atoms with Crippen LogP contribution in [0, 0.1) is 5.92 Å². The van der Waals surface area contributed by atoms with Gasteiger partial charge in [0, 0.05) is 11.6 Å². The van der Waals surface area contributed by atoms with E-state index in [1.54, 1.807) is 12.2 Å². The van der Waals surface area contributed by atoms with Crippen molar-refractivity contribution in [2.24, 2.45) is 10.9 Å². The second kappa shape index (κ2) is 4.67. The SMILES string of the molecule is CC(C)(C)NC1=NC(C(F)(F)F)NC2C=CC=CC12. The number of hydrogen-bond donors (Lipinski definition) is 2. The normalized spacial score (nSPS) is 30.8. The van der Waals surface area contributed by atoms with E-state index in [9.17, 15) is 13.2 Å². The van der Waals surface area contributed by atoms with Gasteiger partial charge in [-0.05, 0) is 20.8 Å². The molecule has 0 aromatic carbocycles. The van der Waals surface area contributed by atoms with Crippen LogP contribution in [0.3, 0.4) is 0 Å². The van der Waals surface area contributed by atoms with Crippen LogP contribution in [-0.2, 0) is 0 Å². The largest absolute Gasteiger partial charge is 0.424 e. The third kappa shape index (κ3) is 3.37. The second-order valence-corrected chi connectivity index (χ2v) is 5.82. The molecule has 2 aliphatic rings. The molecule has 1 heterocycles. The Balaban J connectivity index is 2.31. The molecule has 106 valence electrons. The number of fused-ring (bicyclic) bond motifs is 1. The number of rotatable bonds is 0. The monoisotopic (exact) mass is 273 g/mol. The van der Waals surface area contributed by atoms with E-state index < -0.39 is 12.3 Å². The molecule has 3 unspecified atom stereocenters. The minimum absolute atomic E-state index is 0.178. The number of hydrogen-bond acceptors (Lipinski definition) is 3. The smallest absolute Gasteiger partial charge is 0.369 e. The van der Waals surface area contributed by atoms with Crippen molar-refractivity contribution in [3.8, 4) is 0 Å². The highest BCUT2D eigenvalue weighted by atomic mass is 19.4. The highest BCUT2D eigenvalue weighted by Crippen LogP contribution is 2.28. The molecule has 0 spiro atoms. The molecular weight excluding hydrogens is 255 g/mol. The first-order valence-electron chi connectivity index (χ1n) is 6.20. The molecule has 1 aliphatic heterocycles. The topological polar surface area (TPSA) is 36.4 Å². The molecular formula is C13H18F3N3. The molecule has 0 saturated carbocycles. The van der Waals surface area contributed by atoms with Crippen molar-refractivity contribution in [1.82, 2.24) is 10.6 Å². The predicted octanol–water partition coefficient (Wildman–Crippen LogP) is 2.38. The zero-order valence-electron chi connectivity index (χ0n) is 11.1. The summed E-state index contributed by atoms with van der Waals surface area (Å²) in [7, 11) is 0. The zero-order chi connectivity index (χ0) is 14.3. The van der Waals surface area contributed by atoms with E-state index in [1.165, 1.54) is 0 Å². The van der Waals surface area contributed by atoms with Crippen molar-refractivity contribution in [2.45, 2.75) is 44.7 Å². The summed E-state index contributed by atoms with van der Waals surface area (Å²) in [5.41, 5.74) is -0.328. The highest BCUT2D eigenvalue weighted by molar-refractivity contribution is 5.89. The number of nitrogens with zero attached hydrogens (tertiary/aromatic N) is 1. The summed E-state index contributed by atoms with van der Waals surface area (Å²) < 4.78 is 38.6. The minimum atomic E-state index is -4.38. The molecule has 3 atom stereocenters. The summed E-state index contributed by atoms with van der Waals surface area (Å²) >= 11 is 0. The van der Waals surface area contributed by atoms with E-state index in [0.29, 0.717) is 5.84 Å². The van der Waals surface area contributed by atoms with Crippen LogP contribution in [0.25, 0.3) is 0 Å². The molecule has 6 heteroatoms. The number of alkyl halides is 3. The fourth-order valence-corrected chi connectivity index (χ4v) is 2.14. The second-order valence-electron chi connectivity index (χ2n) is 5.82. The Morgan fingerprint density at radius 2 is 1.79 bits per heavy atom. The summed E-state index contributed by atoms with van der Waals surface area (Å²) in [6, 6.07) is -0.376. The Hall–Kier alpha value is -1.30. The molecule has 0 aromatic rings. The van der Waals surface area contributed by atoms with Gasteiger partial charge in [-0.3, -0.25) is 5.32 Å². The molecule has 3 nitrogen and oxygen atoms in total. The molecule has 0 amide bonds. The Kier molecular flexibility index (Phi) is 3.47. The minimum Gasteiger partial charge on any atom is -0.369 e. The van der Waals surface area contributed by atoms with Gasteiger partial charge >= 0.3 is 6.18 Å². The van der Waals surface area contributed by atoms with Crippen LogP contribution in [0.1, 0.15) is 20.8 Å². The first-order valence-corrected chi connectivity index (χ1v) is 6.20. The molecule has 0 fully saturated rings. The molecule has 19 heavy (non-hydrogen) atoms. The first-order chi connectivity index (χ1) is 8.67. The van der Waals surface area contributed by atoms with Crippen LogP contribution in [0.15, 0.2) is 29.3 Å². The summed E-state index contributed by atoms with van der Waals surface area (Å²) in [6.07, 6.45) is 0.947. The van der Waals surface area contributed by atoms with Gasteiger partial charge in [0.1, 0.15) is 5.84 Å². The summed E-state index contributed by atoms with van der Waals surface area (Å²) in [5.74, 6) is 0.210. The van der Waals surface area contributed by atoms with Gasteiger partial charge in [-0.2, -0.15) is 13.2 Å². The lowest BCUT2D eigenvalue weighted by Gasteiger charge is -2.38. The van der Waals surface area contributed by atoms with Crippen molar-refractivity contribution >= 4 is 5.84 Å². The van der Waals surface area contributed by atoms with Crippen molar-refractivity contribution in [2.75, 3.05) is 0 Å². The van der Waals surface area contributed by atoms with E-state index in [4.69, 9.17) is 0 Å². The predicted molar refractivity (Wildman–Crippen MR) is 68.9 cm³/mol. The van der Waals surface area contributed by atoms with E-state index in [0.717, 1.165) is 0 Å². The summed E-state index contributed by atoms with van der Waals surface area (Å²) in [4.78, 5) is 3.81. The van der Waals surface area contributed by atoms with E-state index in [2.05, 4.69) is 15.6 Å². The number of halogens is 3. The fraction of sp³-hybridized carbons (Fsp3) is 0.615. The third-order valence-corrected chi connectivity index (χ3v) is 2.88. The van der Waals surface area contributed by atoms with E-state index in [1.807, 2.05) is 32.9 Å². The number of aliphatic imine (C=N–C) groups is 1. The maximum Gasteiger partial charge on any atom is 0.424 e. The van der Waals surface area contributed by atoms with Gasteiger partial charge in [0.25, 0.3) is 0 Å². The third-order valence-electron chi connectivity index (χ3n) is 2.88. The standard InChI is InChI=1S/C13H18F3N3/c1-12(2,3)19-10-8-6-4-5-7-9(8)17-11(18-10)13(14,15)16/h4-9,11,17H,1-3H3,(H,18,19). The van der Waals surface area contributed by atoms with Gasteiger partial charge in [0.05, 0.1) is 5.92 Å². The van der Waals surface area contributed by atoms with Gasteiger partial charge in [0.15, 0.2) is 6.17 Å². The Bertz CT molecular complexity index is 429. The summed E-state index contributed by atoms with van der Waals surface area (Å²) in [5, 5.41) is 5.60. The van der Waals surface area contributed by atoms with E-state index in [-0.39, 0.29) is 17.5 Å². The zero-order valence-corrected chi connectivity index (χ0v) is 11.1. The van der Waals surface area contributed by atoms with Crippen molar-refractivity contribution in [1.29, 1.82) is 0 Å². The molecule has 0 radical (unpaired) electrons. The molecule has 2 rings (SSSR count). The van der Waals surface area contributed by atoms with Crippen molar-refractivity contribution < 1.29 is 13.2 Å². The molecule has 0 bridgehead atoms. The van der Waals surface area contributed by atoms with Crippen LogP contribution < -0.4 is 10.6 Å². The fourth-order valence-electron chi connectivity index (χ4n) is 2.14. The summed E-state index contributed by atoms with van der Waals surface area (Å²) in [6.45, 7) is 5.70. The molecule has 1 aliphatic carbocycles. The van der Waals surface area contributed by atoms with Crippen molar-refractivity contribution in [3.05, 3.63) is 24.3 Å². The van der Waals surface area contributed by atoms with Crippen LogP contribution in [0.5, 0.6) is 0 Å². The van der Waals surface area contributed by atoms with Gasteiger partial charge in [-0.25, -0.2) is 4.99 Å². The molecule has 0 aromatic heterocycles. The maximum absolute atomic E-state index is 12.9. The van der Waals surface area contributed by atoms with E-state index >= 15 is 0 Å². The van der Waals surface area contributed by atoms with Gasteiger partial charge < -0.3 is 5.32 Å². The van der Waals surface area contributed by atoms with Gasteiger partial charge in [-0.1, -0.05) is 24.3 Å². The van der Waals surface area contributed by atoms with Gasteiger partial charge in [0.2, 0.25) is 0 Å². The average molecular weight is 273 g/mol. The molecule has 2 N–H and O–H groups in total. The number of allylic oxidation sites excluding steroid dienone is 2.